The molecule has 22 heavy (non-hydrogen) atoms. The minimum absolute atomic E-state index is 0.389. The van der Waals surface area contributed by atoms with Gasteiger partial charge in [0.2, 0.25) is 5.89 Å². The number of furan rings is 1. The Hall–Kier alpha value is -2.37. The van der Waals surface area contributed by atoms with Crippen LogP contribution in [0.15, 0.2) is 57.8 Å². The second-order valence-corrected chi connectivity index (χ2v) is 5.17. The van der Waals surface area contributed by atoms with E-state index in [2.05, 4.69) is 10.3 Å². The molecule has 114 valence electrons. The van der Waals surface area contributed by atoms with Gasteiger partial charge >= 0.3 is 0 Å². The van der Waals surface area contributed by atoms with E-state index in [9.17, 15) is 5.11 Å². The van der Waals surface area contributed by atoms with Gasteiger partial charge in [-0.1, -0.05) is 17.7 Å². The Morgan fingerprint density at radius 3 is 2.73 bits per heavy atom. The molecular formula is C17H18N2O3. The maximum Gasteiger partial charge on any atom is 0.226 e. The molecule has 2 aromatic heterocycles. The van der Waals surface area contributed by atoms with Gasteiger partial charge in [-0.05, 0) is 31.2 Å². The van der Waals surface area contributed by atoms with Gasteiger partial charge in [-0.15, -0.1) is 0 Å². The zero-order chi connectivity index (χ0) is 15.4. The molecule has 1 unspecified atom stereocenters. The summed E-state index contributed by atoms with van der Waals surface area (Å²) >= 11 is 0. The van der Waals surface area contributed by atoms with Crippen LogP contribution in [-0.2, 0) is 6.54 Å². The molecule has 0 aliphatic carbocycles. The Morgan fingerprint density at radius 1 is 1.18 bits per heavy atom. The van der Waals surface area contributed by atoms with Crippen LogP contribution in [0.1, 0.15) is 23.1 Å². The van der Waals surface area contributed by atoms with Crippen molar-refractivity contribution in [3.05, 3.63) is 65.9 Å². The number of rotatable bonds is 6. The van der Waals surface area contributed by atoms with E-state index in [-0.39, 0.29) is 0 Å². The second kappa shape index (κ2) is 6.60. The molecule has 5 nitrogen and oxygen atoms in total. The van der Waals surface area contributed by atoms with Gasteiger partial charge in [-0.25, -0.2) is 4.98 Å². The molecule has 1 atom stereocenters. The maximum atomic E-state index is 9.90. The number of aliphatic hydroxyl groups is 1. The highest BCUT2D eigenvalue weighted by molar-refractivity contribution is 5.53. The SMILES string of the molecule is Cc1ccc(-c2nc(CNCC(O)c3ccco3)co2)cc1. The van der Waals surface area contributed by atoms with E-state index >= 15 is 0 Å². The molecule has 2 N–H and O–H groups in total. The van der Waals surface area contributed by atoms with Crippen LogP contribution in [0.5, 0.6) is 0 Å². The molecule has 0 aliphatic rings. The molecule has 0 saturated heterocycles. The number of oxazole rings is 1. The van der Waals surface area contributed by atoms with Crippen molar-refractivity contribution < 1.29 is 13.9 Å². The topological polar surface area (TPSA) is 71.4 Å². The van der Waals surface area contributed by atoms with Gasteiger partial charge in [0, 0.05) is 18.7 Å². The predicted octanol–water partition coefficient (Wildman–Crippen LogP) is 3.07. The zero-order valence-corrected chi connectivity index (χ0v) is 12.3. The van der Waals surface area contributed by atoms with Crippen molar-refractivity contribution in [1.82, 2.24) is 10.3 Å². The highest BCUT2D eigenvalue weighted by atomic mass is 16.4. The Morgan fingerprint density at radius 2 is 2.00 bits per heavy atom. The monoisotopic (exact) mass is 298 g/mol. The molecule has 0 aliphatic heterocycles. The number of aliphatic hydroxyl groups excluding tert-OH is 1. The Labute approximate surface area is 128 Å². The third-order valence-electron chi connectivity index (χ3n) is 3.37. The van der Waals surface area contributed by atoms with Gasteiger partial charge in [0.05, 0.1) is 12.0 Å². The van der Waals surface area contributed by atoms with Crippen molar-refractivity contribution in [2.24, 2.45) is 0 Å². The first-order valence-electron chi connectivity index (χ1n) is 7.16. The quantitative estimate of drug-likeness (QED) is 0.732. The lowest BCUT2D eigenvalue weighted by Crippen LogP contribution is -2.20. The molecule has 0 saturated carbocycles. The number of benzene rings is 1. The van der Waals surface area contributed by atoms with Crippen LogP contribution < -0.4 is 5.32 Å². The van der Waals surface area contributed by atoms with Gasteiger partial charge < -0.3 is 19.3 Å². The number of aromatic nitrogens is 1. The third kappa shape index (κ3) is 3.44. The summed E-state index contributed by atoms with van der Waals surface area (Å²) in [5.74, 6) is 1.15. The van der Waals surface area contributed by atoms with Crippen LogP contribution in [0.25, 0.3) is 11.5 Å². The molecule has 0 radical (unpaired) electrons. The Bertz CT molecular complexity index is 702. The summed E-state index contributed by atoms with van der Waals surface area (Å²) in [7, 11) is 0. The van der Waals surface area contributed by atoms with E-state index < -0.39 is 6.10 Å². The molecular weight excluding hydrogens is 280 g/mol. The van der Waals surface area contributed by atoms with Crippen molar-refractivity contribution in [3.8, 4) is 11.5 Å². The average molecular weight is 298 g/mol. The van der Waals surface area contributed by atoms with Crippen molar-refractivity contribution in [1.29, 1.82) is 0 Å². The fraction of sp³-hybridized carbons (Fsp3) is 0.235. The predicted molar refractivity (Wildman–Crippen MR) is 82.1 cm³/mol. The van der Waals surface area contributed by atoms with E-state index in [1.54, 1.807) is 24.7 Å². The van der Waals surface area contributed by atoms with Crippen LogP contribution in [-0.4, -0.2) is 16.6 Å². The van der Waals surface area contributed by atoms with Crippen molar-refractivity contribution in [2.75, 3.05) is 6.54 Å². The van der Waals surface area contributed by atoms with Gasteiger partial charge in [-0.3, -0.25) is 0 Å². The van der Waals surface area contributed by atoms with Crippen LogP contribution in [0.2, 0.25) is 0 Å². The molecule has 0 bridgehead atoms. The molecule has 3 aromatic rings. The van der Waals surface area contributed by atoms with Crippen LogP contribution >= 0.6 is 0 Å². The largest absolute Gasteiger partial charge is 0.467 e. The first-order chi connectivity index (χ1) is 10.7. The van der Waals surface area contributed by atoms with Gasteiger partial charge in [-0.2, -0.15) is 0 Å². The van der Waals surface area contributed by atoms with E-state index in [1.807, 2.05) is 31.2 Å². The third-order valence-corrected chi connectivity index (χ3v) is 3.37. The smallest absolute Gasteiger partial charge is 0.226 e. The lowest BCUT2D eigenvalue weighted by molar-refractivity contribution is 0.147. The molecule has 1 aromatic carbocycles. The number of aryl methyl sites for hydroxylation is 1. The summed E-state index contributed by atoms with van der Waals surface area (Å²) in [4.78, 5) is 4.44. The van der Waals surface area contributed by atoms with Crippen molar-refractivity contribution in [3.63, 3.8) is 0 Å². The minimum Gasteiger partial charge on any atom is -0.467 e. The summed E-state index contributed by atoms with van der Waals surface area (Å²) in [5.41, 5.74) is 2.94. The Balaban J connectivity index is 1.55. The van der Waals surface area contributed by atoms with Gasteiger partial charge in [0.15, 0.2) is 0 Å². The molecule has 0 fully saturated rings. The van der Waals surface area contributed by atoms with Gasteiger partial charge in [0.25, 0.3) is 0 Å². The van der Waals surface area contributed by atoms with Crippen LogP contribution in [0, 0.1) is 6.92 Å². The summed E-state index contributed by atoms with van der Waals surface area (Å²) in [5, 5.41) is 13.0. The highest BCUT2D eigenvalue weighted by Crippen LogP contribution is 2.19. The first-order valence-corrected chi connectivity index (χ1v) is 7.16. The van der Waals surface area contributed by atoms with E-state index in [1.165, 1.54) is 5.56 Å². The number of hydrogen-bond donors (Lipinski definition) is 2. The van der Waals surface area contributed by atoms with E-state index in [0.29, 0.717) is 24.7 Å². The number of hydrogen-bond acceptors (Lipinski definition) is 5. The van der Waals surface area contributed by atoms with Crippen LogP contribution in [0.4, 0.5) is 0 Å². The standard InChI is InChI=1S/C17H18N2O3/c1-12-4-6-13(7-5-12)17-19-14(11-22-17)9-18-10-15(20)16-3-2-8-21-16/h2-8,11,15,18,20H,9-10H2,1H3. The second-order valence-electron chi connectivity index (χ2n) is 5.17. The van der Waals surface area contributed by atoms with E-state index in [4.69, 9.17) is 8.83 Å². The molecule has 0 amide bonds. The lowest BCUT2D eigenvalue weighted by Gasteiger charge is -2.07. The highest BCUT2D eigenvalue weighted by Gasteiger charge is 2.11. The summed E-state index contributed by atoms with van der Waals surface area (Å²) in [6, 6.07) is 11.5. The Kier molecular flexibility index (Phi) is 4.37. The minimum atomic E-state index is -0.668. The number of nitrogens with zero attached hydrogens (tertiary/aromatic N) is 1. The normalized spacial score (nSPS) is 12.5. The van der Waals surface area contributed by atoms with Crippen LogP contribution in [0.3, 0.4) is 0 Å². The van der Waals surface area contributed by atoms with Crippen molar-refractivity contribution >= 4 is 0 Å². The lowest BCUT2D eigenvalue weighted by atomic mass is 10.1. The molecule has 3 rings (SSSR count). The zero-order valence-electron chi connectivity index (χ0n) is 12.3. The molecule has 2 heterocycles. The summed E-state index contributed by atoms with van der Waals surface area (Å²) < 4.78 is 10.6. The fourth-order valence-corrected chi connectivity index (χ4v) is 2.14. The maximum absolute atomic E-state index is 9.90. The number of nitrogens with one attached hydrogen (secondary N) is 1. The molecule has 0 spiro atoms. The van der Waals surface area contributed by atoms with Crippen molar-refractivity contribution in [2.45, 2.75) is 19.6 Å². The first kappa shape index (κ1) is 14.6. The molecule has 5 heteroatoms. The van der Waals surface area contributed by atoms with Gasteiger partial charge in [0.1, 0.15) is 18.1 Å². The fourth-order valence-electron chi connectivity index (χ4n) is 2.14. The van der Waals surface area contributed by atoms with E-state index in [0.717, 1.165) is 11.3 Å². The average Bonchev–Trinajstić information content (AvgIpc) is 3.19. The summed E-state index contributed by atoms with van der Waals surface area (Å²) in [6.07, 6.45) is 2.50. The summed E-state index contributed by atoms with van der Waals surface area (Å²) in [6.45, 7) is 2.95.